The fraction of sp³-hybridized carbons (Fsp3) is 1.00. The van der Waals surface area contributed by atoms with E-state index in [1.165, 1.54) is 6.92 Å². The van der Waals surface area contributed by atoms with Crippen molar-refractivity contribution in [1.29, 1.82) is 0 Å². The van der Waals surface area contributed by atoms with Gasteiger partial charge in [-0.15, -0.1) is 0 Å². The van der Waals surface area contributed by atoms with Crippen molar-refractivity contribution in [3.63, 3.8) is 0 Å². The number of halogens is 1. The summed E-state index contributed by atoms with van der Waals surface area (Å²) in [5.74, 6) is -1.84. The molecule has 102 valence electrons. The van der Waals surface area contributed by atoms with Crippen LogP contribution in [-0.4, -0.2) is 45.7 Å². The number of hydrogen-bond acceptors (Lipinski definition) is 3. The van der Waals surface area contributed by atoms with Crippen molar-refractivity contribution in [2.45, 2.75) is 65.0 Å². The van der Waals surface area contributed by atoms with E-state index in [2.05, 4.69) is 0 Å². The zero-order valence-electron chi connectivity index (χ0n) is 11.6. The molecule has 2 saturated heterocycles. The average Bonchev–Trinajstić information content (AvgIpc) is 2.66. The molecule has 0 aliphatic carbocycles. The Labute approximate surface area is 104 Å². The number of alkyl halides is 1. The van der Waals surface area contributed by atoms with Crippen LogP contribution >= 0.6 is 0 Å². The summed E-state index contributed by atoms with van der Waals surface area (Å²) in [6, 6.07) is 0. The maximum atomic E-state index is 13.5. The van der Waals surface area contributed by atoms with Crippen molar-refractivity contribution in [3.8, 4) is 0 Å². The summed E-state index contributed by atoms with van der Waals surface area (Å²) >= 11 is 0. The summed E-state index contributed by atoms with van der Waals surface area (Å²) in [6.07, 6.45) is 0.170. The predicted molar refractivity (Wildman–Crippen MR) is 66.4 cm³/mol. The second-order valence-corrected chi connectivity index (χ2v) is 5.76. The van der Waals surface area contributed by atoms with Crippen LogP contribution in [0.5, 0.6) is 0 Å². The van der Waals surface area contributed by atoms with E-state index in [0.29, 0.717) is 6.54 Å². The third-order valence-corrected chi connectivity index (χ3v) is 4.39. The molecule has 3 nitrogen and oxygen atoms in total. The van der Waals surface area contributed by atoms with Gasteiger partial charge in [0, 0.05) is 13.0 Å². The Morgan fingerprint density at radius 3 is 2.24 bits per heavy atom. The molecule has 2 atom stereocenters. The van der Waals surface area contributed by atoms with Crippen LogP contribution in [-0.2, 0) is 0 Å². The first-order chi connectivity index (χ1) is 7.71. The van der Waals surface area contributed by atoms with Crippen molar-refractivity contribution in [2.75, 3.05) is 13.1 Å². The van der Waals surface area contributed by atoms with E-state index in [1.807, 2.05) is 32.6 Å². The molecule has 0 bridgehead atoms. The molecule has 0 spiro atoms. The van der Waals surface area contributed by atoms with Gasteiger partial charge in [-0.1, -0.05) is 27.7 Å². The minimum absolute atomic E-state index is 0.226. The molecule has 2 aliphatic heterocycles. The SMILES string of the molecule is CC.CC(O)(O)[C@]12CC(F)CN1CCC2(C)C. The third kappa shape index (κ3) is 2.00. The lowest BCUT2D eigenvalue weighted by Gasteiger charge is -2.49. The number of aliphatic hydroxyl groups is 2. The molecule has 0 aromatic rings. The smallest absolute Gasteiger partial charge is 0.179 e. The number of nitrogens with zero attached hydrogens (tertiary/aromatic N) is 1. The van der Waals surface area contributed by atoms with Gasteiger partial charge in [-0.25, -0.2) is 4.39 Å². The van der Waals surface area contributed by atoms with Gasteiger partial charge in [0.2, 0.25) is 0 Å². The fourth-order valence-electron chi connectivity index (χ4n) is 3.65. The zero-order chi connectivity index (χ0) is 13.5. The molecule has 2 N–H and O–H groups in total. The van der Waals surface area contributed by atoms with E-state index in [0.717, 1.165) is 13.0 Å². The molecule has 2 heterocycles. The number of hydrogen-bond donors (Lipinski definition) is 2. The summed E-state index contributed by atoms with van der Waals surface area (Å²) < 4.78 is 13.5. The van der Waals surface area contributed by atoms with Crippen LogP contribution in [0.25, 0.3) is 0 Å². The highest BCUT2D eigenvalue weighted by Gasteiger charge is 2.66. The highest BCUT2D eigenvalue weighted by molar-refractivity contribution is 5.17. The molecule has 0 aromatic carbocycles. The van der Waals surface area contributed by atoms with Gasteiger partial charge in [0.1, 0.15) is 6.17 Å². The van der Waals surface area contributed by atoms with Gasteiger partial charge in [0.05, 0.1) is 5.54 Å². The van der Waals surface area contributed by atoms with Crippen LogP contribution in [0.15, 0.2) is 0 Å². The Morgan fingerprint density at radius 1 is 1.29 bits per heavy atom. The molecule has 0 aromatic heterocycles. The summed E-state index contributed by atoms with van der Waals surface area (Å²) in [6.45, 7) is 10.5. The van der Waals surface area contributed by atoms with Gasteiger partial charge < -0.3 is 10.2 Å². The second kappa shape index (κ2) is 4.48. The maximum absolute atomic E-state index is 13.5. The molecule has 0 radical (unpaired) electrons. The van der Waals surface area contributed by atoms with Crippen LogP contribution in [0, 0.1) is 5.41 Å². The second-order valence-electron chi connectivity index (χ2n) is 5.76. The minimum atomic E-state index is -1.84. The van der Waals surface area contributed by atoms with Crippen LogP contribution in [0.1, 0.15) is 47.5 Å². The highest BCUT2D eigenvalue weighted by atomic mass is 19.1. The molecule has 2 fully saturated rings. The Kier molecular flexibility index (Phi) is 3.92. The lowest BCUT2D eigenvalue weighted by molar-refractivity contribution is -0.245. The Bertz CT molecular complexity index is 275. The van der Waals surface area contributed by atoms with Crippen LogP contribution < -0.4 is 0 Å². The Balaban J connectivity index is 0.000000686. The van der Waals surface area contributed by atoms with Gasteiger partial charge >= 0.3 is 0 Å². The fourth-order valence-corrected chi connectivity index (χ4v) is 3.65. The van der Waals surface area contributed by atoms with Gasteiger partial charge in [-0.3, -0.25) is 4.90 Å². The van der Waals surface area contributed by atoms with Gasteiger partial charge in [0.15, 0.2) is 5.79 Å². The topological polar surface area (TPSA) is 43.7 Å². The first kappa shape index (κ1) is 14.9. The molecule has 17 heavy (non-hydrogen) atoms. The van der Waals surface area contributed by atoms with E-state index in [-0.39, 0.29) is 11.8 Å². The number of rotatable bonds is 1. The van der Waals surface area contributed by atoms with E-state index >= 15 is 0 Å². The molecule has 2 aliphatic rings. The summed E-state index contributed by atoms with van der Waals surface area (Å²) in [7, 11) is 0. The standard InChI is InChI=1S/C11H20FNO2.C2H6/c1-9(2)4-5-13-7-8(12)6-11(9,13)10(3,14)15;1-2/h8,14-15H,4-7H2,1-3H3;1-2H3/t8?,11-;/m1./s1. The normalized spacial score (nSPS) is 36.4. The van der Waals surface area contributed by atoms with Crippen molar-refractivity contribution in [2.24, 2.45) is 5.41 Å². The summed E-state index contributed by atoms with van der Waals surface area (Å²) in [4.78, 5) is 1.91. The van der Waals surface area contributed by atoms with E-state index in [9.17, 15) is 14.6 Å². The number of fused-ring (bicyclic) bond motifs is 1. The first-order valence-corrected chi connectivity index (χ1v) is 6.55. The Morgan fingerprint density at radius 2 is 1.82 bits per heavy atom. The van der Waals surface area contributed by atoms with E-state index in [4.69, 9.17) is 0 Å². The molecule has 0 amide bonds. The van der Waals surface area contributed by atoms with Crippen LogP contribution in [0.2, 0.25) is 0 Å². The van der Waals surface area contributed by atoms with Gasteiger partial charge in [0.25, 0.3) is 0 Å². The van der Waals surface area contributed by atoms with E-state index in [1.54, 1.807) is 0 Å². The molecule has 4 heteroatoms. The molecular formula is C13H26FNO2. The Hall–Kier alpha value is -0.190. The van der Waals surface area contributed by atoms with Gasteiger partial charge in [-0.05, 0) is 25.3 Å². The monoisotopic (exact) mass is 247 g/mol. The maximum Gasteiger partial charge on any atom is 0.179 e. The molecular weight excluding hydrogens is 221 g/mol. The van der Waals surface area contributed by atoms with Crippen molar-refractivity contribution in [3.05, 3.63) is 0 Å². The van der Waals surface area contributed by atoms with Crippen molar-refractivity contribution in [1.82, 2.24) is 4.90 Å². The quantitative estimate of drug-likeness (QED) is 0.696. The first-order valence-electron chi connectivity index (χ1n) is 6.55. The highest BCUT2D eigenvalue weighted by Crippen LogP contribution is 2.56. The molecule has 0 saturated carbocycles. The summed E-state index contributed by atoms with van der Waals surface area (Å²) in [5, 5.41) is 20.0. The zero-order valence-corrected chi connectivity index (χ0v) is 11.6. The van der Waals surface area contributed by atoms with Gasteiger partial charge in [-0.2, -0.15) is 0 Å². The van der Waals surface area contributed by atoms with Crippen LogP contribution in [0.3, 0.4) is 0 Å². The van der Waals surface area contributed by atoms with Crippen molar-refractivity contribution < 1.29 is 14.6 Å². The third-order valence-electron chi connectivity index (χ3n) is 4.39. The van der Waals surface area contributed by atoms with E-state index < -0.39 is 17.5 Å². The molecule has 1 unspecified atom stereocenters. The predicted octanol–water partition coefficient (Wildman–Crippen LogP) is 1.93. The summed E-state index contributed by atoms with van der Waals surface area (Å²) in [5.41, 5.74) is -1.08. The van der Waals surface area contributed by atoms with Crippen LogP contribution in [0.4, 0.5) is 4.39 Å². The minimum Gasteiger partial charge on any atom is -0.364 e. The average molecular weight is 247 g/mol. The molecule has 2 rings (SSSR count). The lowest BCUT2D eigenvalue weighted by atomic mass is 9.67. The largest absolute Gasteiger partial charge is 0.364 e. The lowest BCUT2D eigenvalue weighted by Crippen LogP contribution is -2.63. The van der Waals surface area contributed by atoms with Crippen molar-refractivity contribution >= 4 is 0 Å².